The molecule has 232 valence electrons. The van der Waals surface area contributed by atoms with Crippen molar-refractivity contribution >= 4 is 35.1 Å². The molecule has 1 aromatic heterocycles. The quantitative estimate of drug-likeness (QED) is 0.276. The SMILES string of the molecule is CCN1CCN(c2ccc(Nc3ncc(C(F)(F)F)c(NCc4cccc(N(C)C)c4C(C)(C)C=O)n3)c(OC)c2)CC1. The maximum absolute atomic E-state index is 14.0. The lowest BCUT2D eigenvalue weighted by atomic mass is 9.81. The molecule has 0 saturated carbocycles. The van der Waals surface area contributed by atoms with Gasteiger partial charge in [0.15, 0.2) is 0 Å². The molecule has 1 fully saturated rings. The van der Waals surface area contributed by atoms with Gasteiger partial charge >= 0.3 is 6.18 Å². The Labute approximate surface area is 251 Å². The number of carbonyl (C=O) groups excluding carboxylic acids is 1. The van der Waals surface area contributed by atoms with E-state index < -0.39 is 17.2 Å². The minimum absolute atomic E-state index is 0.0110. The predicted molar refractivity (Wildman–Crippen MR) is 165 cm³/mol. The third-order valence-electron chi connectivity index (χ3n) is 7.71. The third kappa shape index (κ3) is 7.30. The van der Waals surface area contributed by atoms with Crippen LogP contribution in [0.5, 0.6) is 5.75 Å². The van der Waals surface area contributed by atoms with E-state index >= 15 is 0 Å². The number of likely N-dealkylation sites (N-methyl/N-ethyl adjacent to an activating group) is 1. The van der Waals surface area contributed by atoms with E-state index in [4.69, 9.17) is 4.74 Å². The zero-order valence-electron chi connectivity index (χ0n) is 25.5. The molecule has 4 rings (SSSR count). The molecule has 0 unspecified atom stereocenters. The minimum atomic E-state index is -4.68. The van der Waals surface area contributed by atoms with Gasteiger partial charge in [0.05, 0.1) is 12.8 Å². The summed E-state index contributed by atoms with van der Waals surface area (Å²) in [5.74, 6) is 0.128. The number of anilines is 5. The normalized spacial score (nSPS) is 14.4. The molecule has 2 aromatic carbocycles. The number of benzene rings is 2. The molecule has 1 aliphatic heterocycles. The van der Waals surface area contributed by atoms with Gasteiger partial charge in [-0.3, -0.25) is 0 Å². The Hall–Kier alpha value is -4.06. The Kier molecular flexibility index (Phi) is 9.69. The van der Waals surface area contributed by atoms with Crippen molar-refractivity contribution < 1.29 is 22.7 Å². The van der Waals surface area contributed by atoms with Crippen LogP contribution in [-0.4, -0.2) is 75.1 Å². The molecule has 2 N–H and O–H groups in total. The highest BCUT2D eigenvalue weighted by atomic mass is 19.4. The first kappa shape index (κ1) is 31.9. The predicted octanol–water partition coefficient (Wildman–Crippen LogP) is 5.54. The number of carbonyl (C=O) groups is 1. The van der Waals surface area contributed by atoms with Gasteiger partial charge in [0.2, 0.25) is 5.95 Å². The number of nitrogens with one attached hydrogen (secondary N) is 2. The smallest absolute Gasteiger partial charge is 0.421 e. The third-order valence-corrected chi connectivity index (χ3v) is 7.71. The van der Waals surface area contributed by atoms with E-state index in [0.717, 1.165) is 62.1 Å². The van der Waals surface area contributed by atoms with Crippen LogP contribution in [0.15, 0.2) is 42.6 Å². The van der Waals surface area contributed by atoms with E-state index in [0.29, 0.717) is 17.0 Å². The summed E-state index contributed by atoms with van der Waals surface area (Å²) in [4.78, 5) is 26.7. The molecular weight excluding hydrogens is 559 g/mol. The maximum Gasteiger partial charge on any atom is 0.421 e. The first-order valence-electron chi connectivity index (χ1n) is 14.2. The second-order valence-electron chi connectivity index (χ2n) is 11.3. The van der Waals surface area contributed by atoms with Crippen LogP contribution < -0.4 is 25.2 Å². The molecule has 0 bridgehead atoms. The van der Waals surface area contributed by atoms with Crippen molar-refractivity contribution in [2.24, 2.45) is 0 Å². The number of rotatable bonds is 11. The molecular formula is C31H40F3N7O2. The van der Waals surface area contributed by atoms with Gasteiger partial charge < -0.3 is 34.9 Å². The zero-order valence-corrected chi connectivity index (χ0v) is 25.5. The Morgan fingerprint density at radius 3 is 2.42 bits per heavy atom. The van der Waals surface area contributed by atoms with Crippen LogP contribution in [0, 0.1) is 0 Å². The molecule has 1 aliphatic rings. The highest BCUT2D eigenvalue weighted by Gasteiger charge is 2.36. The van der Waals surface area contributed by atoms with Crippen LogP contribution in [0.1, 0.15) is 37.5 Å². The van der Waals surface area contributed by atoms with Crippen molar-refractivity contribution in [2.75, 3.05) is 74.4 Å². The maximum atomic E-state index is 14.0. The number of methoxy groups -OCH3 is 1. The largest absolute Gasteiger partial charge is 0.494 e. The number of halogens is 3. The Bertz CT molecular complexity index is 1420. The lowest BCUT2D eigenvalue weighted by Crippen LogP contribution is -2.46. The number of hydrogen-bond donors (Lipinski definition) is 2. The molecule has 12 heteroatoms. The van der Waals surface area contributed by atoms with Gasteiger partial charge in [-0.15, -0.1) is 0 Å². The van der Waals surface area contributed by atoms with E-state index in [1.165, 1.54) is 0 Å². The first-order valence-corrected chi connectivity index (χ1v) is 14.2. The molecule has 9 nitrogen and oxygen atoms in total. The molecule has 43 heavy (non-hydrogen) atoms. The van der Waals surface area contributed by atoms with E-state index in [-0.39, 0.29) is 18.3 Å². The standard InChI is InChI=1S/C31H40F3N7O2/c1-7-40-13-15-41(16-14-40)22-11-12-24(26(17-22)43-6)37-29-36-19-23(31(32,33)34)28(38-29)35-18-21-9-8-10-25(39(4)5)27(21)30(2,3)20-42/h8-12,17,19-20H,7,13-16,18H2,1-6H3,(H2,35,36,37,38). The summed E-state index contributed by atoms with van der Waals surface area (Å²) in [7, 11) is 5.25. The number of piperazine rings is 1. The molecule has 0 aliphatic carbocycles. The fourth-order valence-electron chi connectivity index (χ4n) is 5.30. The average Bonchev–Trinajstić information content (AvgIpc) is 2.99. The van der Waals surface area contributed by atoms with Crippen LogP contribution >= 0.6 is 0 Å². The number of aromatic nitrogens is 2. The molecule has 2 heterocycles. The van der Waals surface area contributed by atoms with Crippen LogP contribution in [0.25, 0.3) is 0 Å². The average molecular weight is 600 g/mol. The first-order chi connectivity index (χ1) is 20.4. The molecule has 0 atom stereocenters. The minimum Gasteiger partial charge on any atom is -0.494 e. The summed E-state index contributed by atoms with van der Waals surface area (Å²) in [6, 6.07) is 11.2. The summed E-state index contributed by atoms with van der Waals surface area (Å²) < 4.78 is 47.6. The summed E-state index contributed by atoms with van der Waals surface area (Å²) >= 11 is 0. The van der Waals surface area contributed by atoms with Crippen molar-refractivity contribution in [1.82, 2.24) is 14.9 Å². The van der Waals surface area contributed by atoms with E-state index in [1.807, 2.05) is 49.3 Å². The highest BCUT2D eigenvalue weighted by Crippen LogP contribution is 2.37. The lowest BCUT2D eigenvalue weighted by molar-refractivity contribution is -0.137. The Morgan fingerprint density at radius 2 is 1.81 bits per heavy atom. The van der Waals surface area contributed by atoms with Gasteiger partial charge in [0, 0.05) is 75.9 Å². The molecule has 3 aromatic rings. The second-order valence-corrected chi connectivity index (χ2v) is 11.3. The number of hydrogen-bond acceptors (Lipinski definition) is 9. The summed E-state index contributed by atoms with van der Waals surface area (Å²) in [5.41, 5.74) is 1.88. The van der Waals surface area contributed by atoms with Crippen LogP contribution in [-0.2, 0) is 22.9 Å². The van der Waals surface area contributed by atoms with Crippen molar-refractivity contribution in [1.29, 1.82) is 0 Å². The van der Waals surface area contributed by atoms with E-state index in [1.54, 1.807) is 27.0 Å². The van der Waals surface area contributed by atoms with Crippen molar-refractivity contribution in [3.05, 3.63) is 59.3 Å². The van der Waals surface area contributed by atoms with E-state index in [2.05, 4.69) is 37.3 Å². The molecule has 1 saturated heterocycles. The number of alkyl halides is 3. The molecule has 0 spiro atoms. The zero-order chi connectivity index (χ0) is 31.4. The topological polar surface area (TPSA) is 85.9 Å². The van der Waals surface area contributed by atoms with Gasteiger partial charge in [0.1, 0.15) is 23.4 Å². The molecule has 0 amide bonds. The van der Waals surface area contributed by atoms with Crippen molar-refractivity contribution in [3.8, 4) is 5.75 Å². The van der Waals surface area contributed by atoms with Crippen molar-refractivity contribution in [2.45, 2.75) is 38.9 Å². The van der Waals surface area contributed by atoms with Gasteiger partial charge in [-0.1, -0.05) is 19.1 Å². The van der Waals surface area contributed by atoms with Crippen LogP contribution in [0.3, 0.4) is 0 Å². The van der Waals surface area contributed by atoms with E-state index in [9.17, 15) is 18.0 Å². The summed E-state index contributed by atoms with van der Waals surface area (Å²) in [6.07, 6.45) is -3.08. The number of aldehydes is 1. The van der Waals surface area contributed by atoms with Gasteiger partial charge in [-0.2, -0.15) is 18.2 Å². The lowest BCUT2D eigenvalue weighted by Gasteiger charge is -2.35. The number of nitrogens with zero attached hydrogens (tertiary/aromatic N) is 5. The summed E-state index contributed by atoms with van der Waals surface area (Å²) in [6.45, 7) is 10.5. The Balaban J connectivity index is 1.62. The highest BCUT2D eigenvalue weighted by molar-refractivity contribution is 5.75. The van der Waals surface area contributed by atoms with Gasteiger partial charge in [-0.25, -0.2) is 4.98 Å². The van der Waals surface area contributed by atoms with Crippen LogP contribution in [0.2, 0.25) is 0 Å². The van der Waals surface area contributed by atoms with Gasteiger partial charge in [-0.05, 0) is 49.7 Å². The fourth-order valence-corrected chi connectivity index (χ4v) is 5.30. The summed E-state index contributed by atoms with van der Waals surface area (Å²) in [5, 5.41) is 5.89. The van der Waals surface area contributed by atoms with Crippen molar-refractivity contribution in [3.63, 3.8) is 0 Å². The fraction of sp³-hybridized carbons (Fsp3) is 0.452. The Morgan fingerprint density at radius 1 is 1.09 bits per heavy atom. The monoisotopic (exact) mass is 599 g/mol. The molecule has 0 radical (unpaired) electrons. The number of ether oxygens (including phenoxy) is 1. The van der Waals surface area contributed by atoms with Crippen LogP contribution in [0.4, 0.5) is 42.0 Å². The second kappa shape index (κ2) is 13.1. The van der Waals surface area contributed by atoms with Gasteiger partial charge in [0.25, 0.3) is 0 Å².